The number of carboxylic acid groups (broad SMARTS) is 1. The molecule has 1 aliphatic rings. The summed E-state index contributed by atoms with van der Waals surface area (Å²) >= 11 is 0. The molecule has 0 saturated heterocycles. The molecule has 0 bridgehead atoms. The molecule has 2 rings (SSSR count). The predicted molar refractivity (Wildman–Crippen MR) is 60.5 cm³/mol. The van der Waals surface area contributed by atoms with Crippen molar-refractivity contribution >= 4 is 5.97 Å². The monoisotopic (exact) mass is 256 g/mol. The van der Waals surface area contributed by atoms with E-state index >= 15 is 0 Å². The van der Waals surface area contributed by atoms with Gasteiger partial charge in [0.05, 0.1) is 5.56 Å². The SMILES string of the molecule is O=C(O)C1(C(F)(F)c2ccccc2O)CCCC1. The van der Waals surface area contributed by atoms with Gasteiger partial charge in [-0.1, -0.05) is 25.0 Å². The molecule has 0 aliphatic heterocycles. The van der Waals surface area contributed by atoms with Gasteiger partial charge >= 0.3 is 5.97 Å². The number of carboxylic acids is 1. The predicted octanol–water partition coefficient (Wildman–Crippen LogP) is 3.13. The zero-order valence-electron chi connectivity index (χ0n) is 9.70. The second-order valence-electron chi connectivity index (χ2n) is 4.69. The van der Waals surface area contributed by atoms with E-state index in [1.54, 1.807) is 0 Å². The minimum atomic E-state index is -3.57. The van der Waals surface area contributed by atoms with Crippen LogP contribution in [0.4, 0.5) is 8.78 Å². The normalized spacial score (nSPS) is 18.8. The second kappa shape index (κ2) is 4.23. The van der Waals surface area contributed by atoms with Gasteiger partial charge in [-0.15, -0.1) is 0 Å². The number of hydrogen-bond donors (Lipinski definition) is 2. The summed E-state index contributed by atoms with van der Waals surface area (Å²) in [4.78, 5) is 11.3. The molecule has 1 fully saturated rings. The lowest BCUT2D eigenvalue weighted by molar-refractivity contribution is -0.182. The zero-order chi connectivity index (χ0) is 13.4. The minimum Gasteiger partial charge on any atom is -0.507 e. The summed E-state index contributed by atoms with van der Waals surface area (Å²) in [5, 5.41) is 18.7. The van der Waals surface area contributed by atoms with Gasteiger partial charge in [0, 0.05) is 0 Å². The molecule has 1 saturated carbocycles. The van der Waals surface area contributed by atoms with E-state index in [9.17, 15) is 23.8 Å². The van der Waals surface area contributed by atoms with Gasteiger partial charge in [-0.2, -0.15) is 8.78 Å². The molecule has 0 aromatic heterocycles. The number of para-hydroxylation sites is 1. The van der Waals surface area contributed by atoms with Crippen molar-refractivity contribution in [2.75, 3.05) is 0 Å². The number of rotatable bonds is 3. The van der Waals surface area contributed by atoms with E-state index in [0.717, 1.165) is 12.1 Å². The van der Waals surface area contributed by atoms with Crippen molar-refractivity contribution in [1.29, 1.82) is 0 Å². The number of hydrogen-bond acceptors (Lipinski definition) is 2. The van der Waals surface area contributed by atoms with Crippen LogP contribution in [0.3, 0.4) is 0 Å². The smallest absolute Gasteiger partial charge is 0.316 e. The molecule has 0 atom stereocenters. The summed E-state index contributed by atoms with van der Waals surface area (Å²) in [7, 11) is 0. The van der Waals surface area contributed by atoms with Gasteiger partial charge in [0.1, 0.15) is 11.2 Å². The second-order valence-corrected chi connectivity index (χ2v) is 4.69. The molecule has 98 valence electrons. The van der Waals surface area contributed by atoms with E-state index in [2.05, 4.69) is 0 Å². The molecule has 1 aromatic rings. The first kappa shape index (κ1) is 12.8. The van der Waals surface area contributed by atoms with Crippen LogP contribution in [0, 0.1) is 5.41 Å². The van der Waals surface area contributed by atoms with E-state index < -0.39 is 28.6 Å². The first-order valence-corrected chi connectivity index (χ1v) is 5.81. The van der Waals surface area contributed by atoms with Gasteiger partial charge in [0.25, 0.3) is 5.92 Å². The van der Waals surface area contributed by atoms with Crippen LogP contribution in [-0.2, 0) is 10.7 Å². The average molecular weight is 256 g/mol. The van der Waals surface area contributed by atoms with Gasteiger partial charge in [0.2, 0.25) is 0 Å². The van der Waals surface area contributed by atoms with Gasteiger partial charge in [-0.3, -0.25) is 4.79 Å². The maximum Gasteiger partial charge on any atom is 0.316 e. The number of halogens is 2. The number of phenolic OH excluding ortho intramolecular Hbond substituents is 1. The first-order valence-electron chi connectivity index (χ1n) is 5.81. The highest BCUT2D eigenvalue weighted by molar-refractivity contribution is 5.77. The Kier molecular flexibility index (Phi) is 3.00. The molecule has 0 heterocycles. The van der Waals surface area contributed by atoms with Crippen molar-refractivity contribution in [2.24, 2.45) is 5.41 Å². The van der Waals surface area contributed by atoms with Crippen LogP contribution in [-0.4, -0.2) is 16.2 Å². The maximum atomic E-state index is 14.5. The van der Waals surface area contributed by atoms with Crippen molar-refractivity contribution < 1.29 is 23.8 Å². The summed E-state index contributed by atoms with van der Waals surface area (Å²) in [6.07, 6.45) is 0.804. The molecule has 0 amide bonds. The van der Waals surface area contributed by atoms with Crippen molar-refractivity contribution in [3.05, 3.63) is 29.8 Å². The van der Waals surface area contributed by atoms with Crippen LogP contribution in [0.25, 0.3) is 0 Å². The highest BCUT2D eigenvalue weighted by Crippen LogP contribution is 2.56. The summed E-state index contributed by atoms with van der Waals surface area (Å²) in [6, 6.07) is 5.02. The van der Waals surface area contributed by atoms with E-state index in [-0.39, 0.29) is 12.8 Å². The van der Waals surface area contributed by atoms with Crippen LogP contribution in [0.2, 0.25) is 0 Å². The average Bonchev–Trinajstić information content (AvgIpc) is 2.79. The van der Waals surface area contributed by atoms with Crippen LogP contribution < -0.4 is 0 Å². The van der Waals surface area contributed by atoms with Crippen LogP contribution in [0.1, 0.15) is 31.2 Å². The first-order chi connectivity index (χ1) is 8.42. The van der Waals surface area contributed by atoms with Crippen LogP contribution >= 0.6 is 0 Å². The Morgan fingerprint density at radius 1 is 1.22 bits per heavy atom. The Morgan fingerprint density at radius 3 is 2.28 bits per heavy atom. The van der Waals surface area contributed by atoms with Gasteiger partial charge in [0.15, 0.2) is 0 Å². The Labute approximate surface area is 103 Å². The molecule has 1 aliphatic carbocycles. The topological polar surface area (TPSA) is 57.5 Å². The quantitative estimate of drug-likeness (QED) is 0.873. The number of alkyl halides is 2. The Bertz CT molecular complexity index is 465. The molecule has 3 nitrogen and oxygen atoms in total. The lowest BCUT2D eigenvalue weighted by Gasteiger charge is -2.33. The fraction of sp³-hybridized carbons (Fsp3) is 0.462. The summed E-state index contributed by atoms with van der Waals surface area (Å²) in [6.45, 7) is 0. The molecule has 1 aromatic carbocycles. The van der Waals surface area contributed by atoms with Gasteiger partial charge in [-0.05, 0) is 25.0 Å². The highest BCUT2D eigenvalue weighted by Gasteiger charge is 2.61. The zero-order valence-corrected chi connectivity index (χ0v) is 9.70. The number of phenols is 1. The molecule has 0 radical (unpaired) electrons. The summed E-state index contributed by atoms with van der Waals surface area (Å²) < 4.78 is 29.0. The molecule has 2 N–H and O–H groups in total. The molecule has 0 spiro atoms. The lowest BCUT2D eigenvalue weighted by Crippen LogP contribution is -2.43. The largest absolute Gasteiger partial charge is 0.507 e. The number of benzene rings is 1. The van der Waals surface area contributed by atoms with E-state index in [1.165, 1.54) is 12.1 Å². The molecular formula is C13H14F2O3. The number of aliphatic carboxylic acids is 1. The van der Waals surface area contributed by atoms with Crippen molar-refractivity contribution in [2.45, 2.75) is 31.6 Å². The Balaban J connectivity index is 2.53. The summed E-state index contributed by atoms with van der Waals surface area (Å²) in [5.74, 6) is -5.62. The van der Waals surface area contributed by atoms with Crippen molar-refractivity contribution in [3.63, 3.8) is 0 Å². The van der Waals surface area contributed by atoms with Crippen molar-refractivity contribution in [1.82, 2.24) is 0 Å². The molecule has 5 heteroatoms. The molecular weight excluding hydrogens is 242 g/mol. The molecule has 18 heavy (non-hydrogen) atoms. The fourth-order valence-electron chi connectivity index (χ4n) is 2.64. The third-order valence-corrected chi connectivity index (χ3v) is 3.71. The van der Waals surface area contributed by atoms with E-state index in [4.69, 9.17) is 0 Å². The summed E-state index contributed by atoms with van der Waals surface area (Å²) in [5.41, 5.74) is -2.69. The van der Waals surface area contributed by atoms with Crippen LogP contribution in [0.15, 0.2) is 24.3 Å². The van der Waals surface area contributed by atoms with E-state index in [0.29, 0.717) is 12.8 Å². The minimum absolute atomic E-state index is 0.0658. The number of aromatic hydroxyl groups is 1. The Morgan fingerprint density at radius 2 is 1.78 bits per heavy atom. The van der Waals surface area contributed by atoms with Crippen LogP contribution in [0.5, 0.6) is 5.75 Å². The van der Waals surface area contributed by atoms with Crippen molar-refractivity contribution in [3.8, 4) is 5.75 Å². The highest BCUT2D eigenvalue weighted by atomic mass is 19.3. The lowest BCUT2D eigenvalue weighted by atomic mass is 9.76. The van der Waals surface area contributed by atoms with Gasteiger partial charge in [-0.25, -0.2) is 0 Å². The molecule has 0 unspecified atom stereocenters. The fourth-order valence-corrected chi connectivity index (χ4v) is 2.64. The third kappa shape index (κ3) is 1.65. The third-order valence-electron chi connectivity index (χ3n) is 3.71. The standard InChI is InChI=1S/C13H14F2O3/c14-13(15,9-5-1-2-6-10(9)16)12(11(17)18)7-3-4-8-12/h1-2,5-6,16H,3-4,7-8H2,(H,17,18). The maximum absolute atomic E-state index is 14.5. The van der Waals surface area contributed by atoms with Gasteiger partial charge < -0.3 is 10.2 Å². The Hall–Kier alpha value is -1.65. The van der Waals surface area contributed by atoms with E-state index in [1.807, 2.05) is 0 Å². The number of carbonyl (C=O) groups is 1.